The number of esters is 1. The molecule has 0 saturated carbocycles. The number of aliphatic carboxylic acids is 1. The highest BCUT2D eigenvalue weighted by Gasteiger charge is 2.01. The molecule has 0 aliphatic rings. The smallest absolute Gasteiger partial charge is 0.305 e. The van der Waals surface area contributed by atoms with E-state index in [4.69, 9.17) is 9.84 Å². The summed E-state index contributed by atoms with van der Waals surface area (Å²) >= 11 is 1.65. The molecule has 0 aliphatic carbocycles. The number of carbonyl (C=O) groups is 2. The van der Waals surface area contributed by atoms with Crippen LogP contribution in [0.1, 0.15) is 39.0 Å². The second-order valence-corrected chi connectivity index (χ2v) is 4.60. The fourth-order valence-corrected chi connectivity index (χ4v) is 2.08. The monoisotopic (exact) mass is 248 g/mol. The summed E-state index contributed by atoms with van der Waals surface area (Å²) in [6.45, 7) is 2.25. The van der Waals surface area contributed by atoms with Crippen LogP contribution in [0.15, 0.2) is 0 Å². The van der Waals surface area contributed by atoms with E-state index in [0.717, 1.165) is 25.0 Å². The van der Waals surface area contributed by atoms with Gasteiger partial charge in [-0.15, -0.1) is 0 Å². The molecule has 0 amide bonds. The number of hydrogen-bond acceptors (Lipinski definition) is 4. The van der Waals surface area contributed by atoms with Crippen molar-refractivity contribution in [3.05, 3.63) is 0 Å². The summed E-state index contributed by atoms with van der Waals surface area (Å²) in [7, 11) is 0. The topological polar surface area (TPSA) is 63.6 Å². The highest BCUT2D eigenvalue weighted by atomic mass is 32.2. The minimum Gasteiger partial charge on any atom is -0.481 e. The Labute approximate surface area is 101 Å². The van der Waals surface area contributed by atoms with Crippen molar-refractivity contribution in [3.8, 4) is 0 Å². The van der Waals surface area contributed by atoms with Gasteiger partial charge < -0.3 is 9.84 Å². The van der Waals surface area contributed by atoms with Crippen LogP contribution in [0.4, 0.5) is 0 Å². The lowest BCUT2D eigenvalue weighted by molar-refractivity contribution is -0.143. The number of carboxylic acid groups (broad SMARTS) is 1. The molecule has 0 heterocycles. The first-order valence-electron chi connectivity index (χ1n) is 5.62. The fourth-order valence-electron chi connectivity index (χ4n) is 1.14. The van der Waals surface area contributed by atoms with Crippen molar-refractivity contribution in [2.24, 2.45) is 0 Å². The highest BCUT2D eigenvalue weighted by Crippen LogP contribution is 2.09. The second-order valence-electron chi connectivity index (χ2n) is 3.37. The van der Waals surface area contributed by atoms with Crippen molar-refractivity contribution in [1.82, 2.24) is 0 Å². The summed E-state index contributed by atoms with van der Waals surface area (Å²) in [6.07, 6.45) is 3.61. The maximum absolute atomic E-state index is 11.0. The van der Waals surface area contributed by atoms with Gasteiger partial charge in [-0.05, 0) is 25.5 Å². The van der Waals surface area contributed by atoms with Crippen LogP contribution in [0.2, 0.25) is 0 Å². The van der Waals surface area contributed by atoms with Crippen LogP contribution in [0.25, 0.3) is 0 Å². The van der Waals surface area contributed by atoms with Gasteiger partial charge in [-0.1, -0.05) is 6.42 Å². The van der Waals surface area contributed by atoms with Crippen LogP contribution in [-0.2, 0) is 14.3 Å². The van der Waals surface area contributed by atoms with E-state index < -0.39 is 5.97 Å². The molecule has 4 nitrogen and oxygen atoms in total. The van der Waals surface area contributed by atoms with E-state index in [1.807, 2.05) is 0 Å². The molecule has 0 fully saturated rings. The quantitative estimate of drug-likeness (QED) is 0.475. The van der Waals surface area contributed by atoms with Gasteiger partial charge in [0.1, 0.15) is 0 Å². The number of carbonyl (C=O) groups excluding carboxylic acids is 1. The highest BCUT2D eigenvalue weighted by molar-refractivity contribution is 7.99. The zero-order chi connectivity index (χ0) is 12.2. The zero-order valence-electron chi connectivity index (χ0n) is 9.74. The lowest BCUT2D eigenvalue weighted by Gasteiger charge is -2.02. The Bertz CT molecular complexity index is 206. The van der Waals surface area contributed by atoms with Crippen LogP contribution < -0.4 is 0 Å². The van der Waals surface area contributed by atoms with E-state index in [1.54, 1.807) is 18.7 Å². The third-order valence-corrected chi connectivity index (χ3v) is 3.01. The Hall–Kier alpha value is -0.710. The summed E-state index contributed by atoms with van der Waals surface area (Å²) in [5.41, 5.74) is 0. The second kappa shape index (κ2) is 10.8. The minimum atomic E-state index is -0.741. The third-order valence-electron chi connectivity index (χ3n) is 1.94. The zero-order valence-corrected chi connectivity index (χ0v) is 10.6. The van der Waals surface area contributed by atoms with Crippen molar-refractivity contribution in [1.29, 1.82) is 0 Å². The van der Waals surface area contributed by atoms with Gasteiger partial charge in [0.05, 0.1) is 13.0 Å². The van der Waals surface area contributed by atoms with Crippen LogP contribution in [0.3, 0.4) is 0 Å². The van der Waals surface area contributed by atoms with Crippen molar-refractivity contribution in [3.63, 3.8) is 0 Å². The van der Waals surface area contributed by atoms with E-state index in [9.17, 15) is 9.59 Å². The molecule has 0 saturated heterocycles. The van der Waals surface area contributed by atoms with E-state index >= 15 is 0 Å². The van der Waals surface area contributed by atoms with Gasteiger partial charge in [-0.3, -0.25) is 9.59 Å². The van der Waals surface area contributed by atoms with Crippen molar-refractivity contribution in [2.45, 2.75) is 39.0 Å². The number of thioether (sulfide) groups is 1. The Morgan fingerprint density at radius 2 is 1.88 bits per heavy atom. The fraction of sp³-hybridized carbons (Fsp3) is 0.818. The SMILES string of the molecule is CCOC(=O)CCCCCSCCC(=O)O. The van der Waals surface area contributed by atoms with Crippen molar-refractivity contribution < 1.29 is 19.4 Å². The molecule has 0 unspecified atom stereocenters. The molecule has 0 aliphatic heterocycles. The summed E-state index contributed by atoms with van der Waals surface area (Å²) in [4.78, 5) is 21.2. The molecule has 1 N–H and O–H groups in total. The van der Waals surface area contributed by atoms with Crippen LogP contribution in [0.5, 0.6) is 0 Å². The van der Waals surface area contributed by atoms with E-state index in [1.165, 1.54) is 0 Å². The van der Waals surface area contributed by atoms with Crippen LogP contribution in [0, 0.1) is 0 Å². The molecule has 5 heteroatoms. The molecule has 0 aromatic rings. The first kappa shape index (κ1) is 15.3. The molecule has 0 rings (SSSR count). The summed E-state index contributed by atoms with van der Waals surface area (Å²) in [5, 5.41) is 8.40. The summed E-state index contributed by atoms with van der Waals surface area (Å²) in [5.74, 6) is 0.777. The first-order valence-corrected chi connectivity index (χ1v) is 6.77. The number of ether oxygens (including phenoxy) is 1. The molecule has 0 aromatic heterocycles. The number of rotatable bonds is 10. The van der Waals surface area contributed by atoms with Gasteiger partial charge in [-0.25, -0.2) is 0 Å². The standard InChI is InChI=1S/C11H20O4S/c1-2-15-11(14)6-4-3-5-8-16-9-7-10(12)13/h2-9H2,1H3,(H,12,13). The molecular formula is C11H20O4S. The average molecular weight is 248 g/mol. The molecule has 0 radical (unpaired) electrons. The van der Waals surface area contributed by atoms with Gasteiger partial charge in [0, 0.05) is 12.2 Å². The number of carboxylic acids is 1. The first-order chi connectivity index (χ1) is 7.66. The predicted molar refractivity (Wildman–Crippen MR) is 64.7 cm³/mol. The van der Waals surface area contributed by atoms with E-state index in [2.05, 4.69) is 0 Å². The maximum atomic E-state index is 11.0. The van der Waals surface area contributed by atoms with E-state index in [0.29, 0.717) is 18.8 Å². The van der Waals surface area contributed by atoms with Gasteiger partial charge in [-0.2, -0.15) is 11.8 Å². The van der Waals surface area contributed by atoms with E-state index in [-0.39, 0.29) is 12.4 Å². The van der Waals surface area contributed by atoms with Gasteiger partial charge in [0.15, 0.2) is 0 Å². The lowest BCUT2D eigenvalue weighted by atomic mass is 10.2. The van der Waals surface area contributed by atoms with Gasteiger partial charge in [0.25, 0.3) is 0 Å². The maximum Gasteiger partial charge on any atom is 0.305 e. The minimum absolute atomic E-state index is 0.124. The number of unbranched alkanes of at least 4 members (excludes halogenated alkanes) is 2. The van der Waals surface area contributed by atoms with Crippen molar-refractivity contribution >= 4 is 23.7 Å². The third kappa shape index (κ3) is 11.4. The Kier molecular flexibility index (Phi) is 10.3. The van der Waals surface area contributed by atoms with Gasteiger partial charge in [0.2, 0.25) is 0 Å². The Morgan fingerprint density at radius 1 is 1.12 bits per heavy atom. The molecule has 0 atom stereocenters. The molecule has 94 valence electrons. The Morgan fingerprint density at radius 3 is 2.50 bits per heavy atom. The average Bonchev–Trinajstić information content (AvgIpc) is 2.22. The molecule has 16 heavy (non-hydrogen) atoms. The lowest BCUT2D eigenvalue weighted by Crippen LogP contribution is -2.03. The summed E-state index contributed by atoms with van der Waals surface area (Å²) in [6, 6.07) is 0. The molecular weight excluding hydrogens is 228 g/mol. The Balaban J connectivity index is 3.09. The normalized spacial score (nSPS) is 10.1. The van der Waals surface area contributed by atoms with Gasteiger partial charge >= 0.3 is 11.9 Å². The summed E-state index contributed by atoms with van der Waals surface area (Å²) < 4.78 is 4.80. The number of hydrogen-bond donors (Lipinski definition) is 1. The molecule has 0 spiro atoms. The predicted octanol–water partition coefficient (Wildman–Crippen LogP) is 2.32. The molecule has 0 bridgehead atoms. The largest absolute Gasteiger partial charge is 0.481 e. The van der Waals surface area contributed by atoms with Crippen LogP contribution >= 0.6 is 11.8 Å². The molecule has 0 aromatic carbocycles. The van der Waals surface area contributed by atoms with Crippen molar-refractivity contribution in [2.75, 3.05) is 18.1 Å². The van der Waals surface area contributed by atoms with Crippen LogP contribution in [-0.4, -0.2) is 35.2 Å².